The molecule has 0 bridgehead atoms. The second-order valence-corrected chi connectivity index (χ2v) is 7.55. The van der Waals surface area contributed by atoms with Gasteiger partial charge in [-0.3, -0.25) is 4.98 Å². The molecule has 1 amide bonds. The maximum Gasteiger partial charge on any atom is 0.407 e. The van der Waals surface area contributed by atoms with Crippen LogP contribution in [-0.4, -0.2) is 41.3 Å². The number of alkyl carbamates (subject to hydrolysis) is 1. The van der Waals surface area contributed by atoms with Crippen molar-refractivity contribution < 1.29 is 9.53 Å². The predicted octanol–water partition coefficient (Wildman–Crippen LogP) is 3.37. The van der Waals surface area contributed by atoms with Gasteiger partial charge in [0.2, 0.25) is 0 Å². The van der Waals surface area contributed by atoms with Gasteiger partial charge in [-0.1, -0.05) is 12.1 Å². The highest BCUT2D eigenvalue weighted by Crippen LogP contribution is 2.22. The first-order chi connectivity index (χ1) is 11.9. The van der Waals surface area contributed by atoms with E-state index in [1.54, 1.807) is 0 Å². The summed E-state index contributed by atoms with van der Waals surface area (Å²) >= 11 is 0. The molecular weight excluding hydrogens is 316 g/mol. The van der Waals surface area contributed by atoms with E-state index in [0.717, 1.165) is 42.8 Å². The van der Waals surface area contributed by atoms with Crippen LogP contribution in [-0.2, 0) is 4.74 Å². The van der Waals surface area contributed by atoms with Crippen LogP contribution in [0.4, 0.5) is 10.6 Å². The van der Waals surface area contributed by atoms with E-state index in [2.05, 4.69) is 15.2 Å². The first-order valence-corrected chi connectivity index (χ1v) is 8.84. The Labute approximate surface area is 148 Å². The van der Waals surface area contributed by atoms with Crippen LogP contribution < -0.4 is 10.2 Å². The molecule has 0 aliphatic carbocycles. The minimum absolute atomic E-state index is 0.352. The van der Waals surface area contributed by atoms with Gasteiger partial charge >= 0.3 is 6.09 Å². The second kappa shape index (κ2) is 7.25. The summed E-state index contributed by atoms with van der Waals surface area (Å²) in [7, 11) is 0. The van der Waals surface area contributed by atoms with Gasteiger partial charge in [-0.25, -0.2) is 9.78 Å². The number of nitrogens with one attached hydrogen (secondary N) is 1. The minimum Gasteiger partial charge on any atom is -0.444 e. The molecule has 1 fully saturated rings. The summed E-state index contributed by atoms with van der Waals surface area (Å²) in [6, 6.07) is 7.90. The number of piperidine rings is 1. The Kier molecular flexibility index (Phi) is 5.06. The number of carbonyl (C=O) groups is 1. The fourth-order valence-electron chi connectivity index (χ4n) is 3.08. The van der Waals surface area contributed by atoms with Crippen LogP contribution in [0.25, 0.3) is 11.0 Å². The zero-order valence-corrected chi connectivity index (χ0v) is 15.2. The maximum absolute atomic E-state index is 11.8. The van der Waals surface area contributed by atoms with Crippen molar-refractivity contribution in [2.45, 2.75) is 39.2 Å². The molecular formula is C19H26N4O2. The van der Waals surface area contributed by atoms with E-state index in [1.807, 2.05) is 51.2 Å². The smallest absolute Gasteiger partial charge is 0.407 e. The summed E-state index contributed by atoms with van der Waals surface area (Å²) in [4.78, 5) is 23.3. The molecule has 6 heteroatoms. The largest absolute Gasteiger partial charge is 0.444 e. The van der Waals surface area contributed by atoms with Gasteiger partial charge in [-0.2, -0.15) is 0 Å². The van der Waals surface area contributed by atoms with Crippen molar-refractivity contribution in [2.75, 3.05) is 24.5 Å². The van der Waals surface area contributed by atoms with Crippen LogP contribution in [0.15, 0.2) is 30.5 Å². The van der Waals surface area contributed by atoms with Crippen LogP contribution in [0.5, 0.6) is 0 Å². The molecule has 1 aromatic carbocycles. The molecule has 0 saturated carbocycles. The van der Waals surface area contributed by atoms with E-state index < -0.39 is 5.60 Å². The maximum atomic E-state index is 11.8. The number of para-hydroxylation sites is 2. The SMILES string of the molecule is CC(C)(C)OC(=O)NC[C@H]1CCCN(c2cnc3ccccc3n2)C1. The number of fused-ring (bicyclic) bond motifs is 1. The van der Waals surface area contributed by atoms with Crippen molar-refractivity contribution in [3.63, 3.8) is 0 Å². The molecule has 6 nitrogen and oxygen atoms in total. The van der Waals surface area contributed by atoms with E-state index in [4.69, 9.17) is 9.72 Å². The quantitative estimate of drug-likeness (QED) is 0.926. The van der Waals surface area contributed by atoms with Gasteiger partial charge in [0.1, 0.15) is 11.4 Å². The highest BCUT2D eigenvalue weighted by Gasteiger charge is 2.23. The summed E-state index contributed by atoms with van der Waals surface area (Å²) < 4.78 is 5.30. The summed E-state index contributed by atoms with van der Waals surface area (Å²) in [6.07, 6.45) is 3.66. The highest BCUT2D eigenvalue weighted by molar-refractivity contribution is 5.75. The van der Waals surface area contributed by atoms with Gasteiger partial charge in [-0.15, -0.1) is 0 Å². The average Bonchev–Trinajstić information content (AvgIpc) is 2.58. The molecule has 0 unspecified atom stereocenters. The lowest BCUT2D eigenvalue weighted by molar-refractivity contribution is 0.0517. The van der Waals surface area contributed by atoms with Crippen molar-refractivity contribution in [2.24, 2.45) is 5.92 Å². The van der Waals surface area contributed by atoms with Crippen LogP contribution in [0.2, 0.25) is 0 Å². The average molecular weight is 342 g/mol. The van der Waals surface area contributed by atoms with E-state index in [9.17, 15) is 4.79 Å². The molecule has 1 N–H and O–H groups in total. The Morgan fingerprint density at radius 2 is 2.08 bits per heavy atom. The molecule has 2 aromatic rings. The van der Waals surface area contributed by atoms with Crippen molar-refractivity contribution in [3.8, 4) is 0 Å². The molecule has 1 aromatic heterocycles. The van der Waals surface area contributed by atoms with Gasteiger partial charge in [0.05, 0.1) is 17.2 Å². The molecule has 2 heterocycles. The van der Waals surface area contributed by atoms with Crippen LogP contribution in [0.3, 0.4) is 0 Å². The zero-order chi connectivity index (χ0) is 17.9. The predicted molar refractivity (Wildman–Crippen MR) is 98.7 cm³/mol. The van der Waals surface area contributed by atoms with Crippen LogP contribution in [0, 0.1) is 5.92 Å². The van der Waals surface area contributed by atoms with Gasteiger partial charge < -0.3 is 15.0 Å². The monoisotopic (exact) mass is 342 g/mol. The summed E-state index contributed by atoms with van der Waals surface area (Å²) in [5, 5.41) is 2.89. The van der Waals surface area contributed by atoms with Crippen molar-refractivity contribution in [1.82, 2.24) is 15.3 Å². The van der Waals surface area contributed by atoms with Crippen molar-refractivity contribution in [1.29, 1.82) is 0 Å². The van der Waals surface area contributed by atoms with E-state index >= 15 is 0 Å². The normalized spacial score (nSPS) is 18.2. The van der Waals surface area contributed by atoms with Crippen molar-refractivity contribution in [3.05, 3.63) is 30.5 Å². The van der Waals surface area contributed by atoms with E-state index in [-0.39, 0.29) is 6.09 Å². The number of amides is 1. The third kappa shape index (κ3) is 4.81. The lowest BCUT2D eigenvalue weighted by Gasteiger charge is -2.33. The van der Waals surface area contributed by atoms with Gasteiger partial charge in [0, 0.05) is 19.6 Å². The lowest BCUT2D eigenvalue weighted by atomic mass is 9.98. The molecule has 1 saturated heterocycles. The third-order valence-corrected chi connectivity index (χ3v) is 4.21. The zero-order valence-electron chi connectivity index (χ0n) is 15.2. The number of hydrogen-bond donors (Lipinski definition) is 1. The fourth-order valence-corrected chi connectivity index (χ4v) is 3.08. The Hall–Kier alpha value is -2.37. The molecule has 1 aliphatic heterocycles. The summed E-state index contributed by atoms with van der Waals surface area (Å²) in [5.74, 6) is 1.29. The number of anilines is 1. The Morgan fingerprint density at radius 3 is 2.84 bits per heavy atom. The van der Waals surface area contributed by atoms with Crippen molar-refractivity contribution >= 4 is 22.9 Å². The Balaban J connectivity index is 1.59. The summed E-state index contributed by atoms with van der Waals surface area (Å²) in [5.41, 5.74) is 1.35. The fraction of sp³-hybridized carbons (Fsp3) is 0.526. The number of nitrogens with zero attached hydrogens (tertiary/aromatic N) is 3. The number of benzene rings is 1. The first-order valence-electron chi connectivity index (χ1n) is 8.84. The molecule has 134 valence electrons. The standard InChI is InChI=1S/C19H26N4O2/c1-19(2,3)25-18(24)21-11-14-7-6-10-23(13-14)17-12-20-15-8-4-5-9-16(15)22-17/h4-5,8-9,12,14H,6-7,10-11,13H2,1-3H3,(H,21,24)/t14-/m1/s1. The molecule has 0 spiro atoms. The Morgan fingerprint density at radius 1 is 1.32 bits per heavy atom. The van der Waals surface area contributed by atoms with E-state index in [0.29, 0.717) is 12.5 Å². The number of carbonyl (C=O) groups excluding carboxylic acids is 1. The van der Waals surface area contributed by atoms with Gasteiger partial charge in [-0.05, 0) is 51.7 Å². The topological polar surface area (TPSA) is 67.3 Å². The third-order valence-electron chi connectivity index (χ3n) is 4.21. The molecule has 3 rings (SSSR count). The molecule has 1 aliphatic rings. The van der Waals surface area contributed by atoms with Gasteiger partial charge in [0.25, 0.3) is 0 Å². The minimum atomic E-state index is -0.469. The number of ether oxygens (including phenoxy) is 1. The number of aromatic nitrogens is 2. The first kappa shape index (κ1) is 17.5. The lowest BCUT2D eigenvalue weighted by Crippen LogP contribution is -2.42. The molecule has 25 heavy (non-hydrogen) atoms. The second-order valence-electron chi connectivity index (χ2n) is 7.55. The summed E-state index contributed by atoms with van der Waals surface area (Å²) in [6.45, 7) is 8.05. The highest BCUT2D eigenvalue weighted by atomic mass is 16.6. The van der Waals surface area contributed by atoms with E-state index in [1.165, 1.54) is 0 Å². The van der Waals surface area contributed by atoms with Crippen LogP contribution in [0.1, 0.15) is 33.6 Å². The number of rotatable bonds is 3. The van der Waals surface area contributed by atoms with Gasteiger partial charge in [0.15, 0.2) is 0 Å². The molecule has 1 atom stereocenters. The Bertz CT molecular complexity index is 742. The van der Waals surface area contributed by atoms with Crippen LogP contribution >= 0.6 is 0 Å². The number of hydrogen-bond acceptors (Lipinski definition) is 5. The molecule has 0 radical (unpaired) electrons.